The van der Waals surface area contributed by atoms with E-state index in [2.05, 4.69) is 4.98 Å². The van der Waals surface area contributed by atoms with Crippen molar-refractivity contribution in [3.05, 3.63) is 64.2 Å². The molecule has 1 aromatic heterocycles. The topological polar surface area (TPSA) is 30.0 Å². The minimum atomic E-state index is -0.483. The van der Waals surface area contributed by atoms with Crippen molar-refractivity contribution >= 4 is 17.4 Å². The van der Waals surface area contributed by atoms with Crippen LogP contribution in [0.4, 0.5) is 4.39 Å². The summed E-state index contributed by atoms with van der Waals surface area (Å²) in [5, 5.41) is 0.242. The summed E-state index contributed by atoms with van der Waals surface area (Å²) in [5.74, 6) is -0.788. The molecule has 0 aliphatic heterocycles. The van der Waals surface area contributed by atoms with Gasteiger partial charge in [-0.2, -0.15) is 0 Å². The average Bonchev–Trinajstić information content (AvgIpc) is 2.31. The Hall–Kier alpha value is -1.74. The molecular formula is C13H9ClFNO. The Kier molecular flexibility index (Phi) is 3.20. The number of ketones is 1. The van der Waals surface area contributed by atoms with E-state index in [-0.39, 0.29) is 16.4 Å². The van der Waals surface area contributed by atoms with Crippen molar-refractivity contribution in [1.82, 2.24) is 4.98 Å². The first-order valence-corrected chi connectivity index (χ1v) is 5.38. The maximum Gasteiger partial charge on any atom is 0.194 e. The Morgan fingerprint density at radius 1 is 1.29 bits per heavy atom. The summed E-state index contributed by atoms with van der Waals surface area (Å²) in [5.41, 5.74) is 1.34. The van der Waals surface area contributed by atoms with Gasteiger partial charge >= 0.3 is 0 Å². The molecule has 0 saturated heterocycles. The molecule has 0 spiro atoms. The van der Waals surface area contributed by atoms with Gasteiger partial charge < -0.3 is 0 Å². The van der Waals surface area contributed by atoms with Gasteiger partial charge in [0.1, 0.15) is 5.82 Å². The van der Waals surface area contributed by atoms with Crippen LogP contribution in [0.15, 0.2) is 36.5 Å². The van der Waals surface area contributed by atoms with E-state index in [9.17, 15) is 9.18 Å². The summed E-state index contributed by atoms with van der Waals surface area (Å²) in [6.45, 7) is 1.78. The fourth-order valence-corrected chi connectivity index (χ4v) is 1.72. The molecule has 0 bridgehead atoms. The molecule has 0 N–H and O–H groups in total. The third-order valence-electron chi connectivity index (χ3n) is 2.33. The number of aromatic nitrogens is 1. The lowest BCUT2D eigenvalue weighted by Gasteiger charge is -2.04. The van der Waals surface area contributed by atoms with Crippen molar-refractivity contribution in [3.8, 4) is 0 Å². The number of rotatable bonds is 2. The molecular weight excluding hydrogens is 241 g/mol. The monoisotopic (exact) mass is 249 g/mol. The van der Waals surface area contributed by atoms with E-state index in [1.807, 2.05) is 0 Å². The molecule has 0 aliphatic carbocycles. The Balaban J connectivity index is 2.47. The highest BCUT2D eigenvalue weighted by Gasteiger charge is 2.13. The number of nitrogens with zero attached hydrogens (tertiary/aromatic N) is 1. The van der Waals surface area contributed by atoms with Crippen LogP contribution in [0.5, 0.6) is 0 Å². The van der Waals surface area contributed by atoms with Gasteiger partial charge in [-0.15, -0.1) is 0 Å². The zero-order valence-corrected chi connectivity index (χ0v) is 9.83. The van der Waals surface area contributed by atoms with Crippen molar-refractivity contribution in [2.45, 2.75) is 6.92 Å². The minimum absolute atomic E-state index is 0.164. The van der Waals surface area contributed by atoms with Gasteiger partial charge in [0.15, 0.2) is 5.78 Å². The van der Waals surface area contributed by atoms with Crippen LogP contribution >= 0.6 is 11.6 Å². The molecule has 4 heteroatoms. The van der Waals surface area contributed by atoms with Crippen LogP contribution in [-0.2, 0) is 0 Å². The van der Waals surface area contributed by atoms with E-state index in [1.165, 1.54) is 18.3 Å². The van der Waals surface area contributed by atoms with Crippen LogP contribution in [0.1, 0.15) is 21.6 Å². The van der Waals surface area contributed by atoms with Crippen LogP contribution in [0.25, 0.3) is 0 Å². The summed E-state index contributed by atoms with van der Waals surface area (Å²) in [6.07, 6.45) is 1.54. The first-order valence-electron chi connectivity index (χ1n) is 5.00. The van der Waals surface area contributed by atoms with E-state index >= 15 is 0 Å². The van der Waals surface area contributed by atoms with E-state index < -0.39 is 5.82 Å². The highest BCUT2D eigenvalue weighted by molar-refractivity contribution is 6.34. The van der Waals surface area contributed by atoms with Gasteiger partial charge in [-0.1, -0.05) is 11.6 Å². The summed E-state index contributed by atoms with van der Waals surface area (Å²) < 4.78 is 13.1. The first-order chi connectivity index (χ1) is 8.08. The second kappa shape index (κ2) is 4.63. The van der Waals surface area contributed by atoms with E-state index in [1.54, 1.807) is 19.1 Å². The second-order valence-corrected chi connectivity index (χ2v) is 4.05. The number of hydrogen-bond acceptors (Lipinski definition) is 2. The second-order valence-electron chi connectivity index (χ2n) is 3.64. The molecule has 0 atom stereocenters. The molecule has 2 rings (SSSR count). The minimum Gasteiger partial charge on any atom is -0.289 e. The molecule has 0 aliphatic rings. The van der Waals surface area contributed by atoms with Crippen LogP contribution in [0.3, 0.4) is 0 Å². The highest BCUT2D eigenvalue weighted by atomic mass is 35.5. The summed E-state index contributed by atoms with van der Waals surface area (Å²) >= 11 is 5.88. The maximum atomic E-state index is 13.1. The first kappa shape index (κ1) is 11.7. The van der Waals surface area contributed by atoms with Crippen molar-refractivity contribution in [1.29, 1.82) is 0 Å². The zero-order valence-electron chi connectivity index (χ0n) is 9.08. The molecule has 1 heterocycles. The van der Waals surface area contributed by atoms with Crippen molar-refractivity contribution in [2.75, 3.05) is 0 Å². The van der Waals surface area contributed by atoms with E-state index in [0.717, 1.165) is 11.8 Å². The number of pyridine rings is 1. The van der Waals surface area contributed by atoms with Crippen molar-refractivity contribution in [2.24, 2.45) is 0 Å². The molecule has 86 valence electrons. The summed E-state index contributed by atoms with van der Waals surface area (Å²) in [6, 6.07) is 6.95. The van der Waals surface area contributed by atoms with Gasteiger partial charge in [-0.3, -0.25) is 9.78 Å². The van der Waals surface area contributed by atoms with Gasteiger partial charge in [-0.05, 0) is 37.3 Å². The maximum absolute atomic E-state index is 13.1. The Morgan fingerprint density at radius 3 is 2.76 bits per heavy atom. The van der Waals surface area contributed by atoms with Crippen LogP contribution < -0.4 is 0 Å². The quantitative estimate of drug-likeness (QED) is 0.764. The Labute approximate surface area is 103 Å². The fraction of sp³-hybridized carbons (Fsp3) is 0.0769. The molecule has 0 unspecified atom stereocenters. The number of benzene rings is 1. The predicted molar refractivity (Wildman–Crippen MR) is 63.8 cm³/mol. The molecule has 0 saturated carbocycles. The molecule has 17 heavy (non-hydrogen) atoms. The van der Waals surface area contributed by atoms with Crippen molar-refractivity contribution < 1.29 is 9.18 Å². The average molecular weight is 250 g/mol. The van der Waals surface area contributed by atoms with Gasteiger partial charge in [-0.25, -0.2) is 4.39 Å². The van der Waals surface area contributed by atoms with E-state index in [0.29, 0.717) is 5.56 Å². The van der Waals surface area contributed by atoms with E-state index in [4.69, 9.17) is 11.6 Å². The molecule has 2 nitrogen and oxygen atoms in total. The normalized spacial score (nSPS) is 10.3. The van der Waals surface area contributed by atoms with Crippen LogP contribution in [0.2, 0.25) is 5.02 Å². The van der Waals surface area contributed by atoms with Gasteiger partial charge in [0.05, 0.1) is 5.02 Å². The van der Waals surface area contributed by atoms with Crippen LogP contribution in [-0.4, -0.2) is 10.8 Å². The summed E-state index contributed by atoms with van der Waals surface area (Å²) in [7, 11) is 0. The molecule has 2 aromatic rings. The van der Waals surface area contributed by atoms with Crippen molar-refractivity contribution in [3.63, 3.8) is 0 Å². The lowest BCUT2D eigenvalue weighted by molar-refractivity contribution is 0.103. The number of aryl methyl sites for hydroxylation is 1. The fourth-order valence-electron chi connectivity index (χ4n) is 1.51. The standard InChI is InChI=1S/C13H9ClFNO/c1-8-6-9(4-5-16-8)13(17)11-7-10(15)2-3-12(11)14/h2-7H,1H3. The highest BCUT2D eigenvalue weighted by Crippen LogP contribution is 2.20. The number of carbonyl (C=O) groups excluding carboxylic acids is 1. The third-order valence-corrected chi connectivity index (χ3v) is 2.66. The number of hydrogen-bond donors (Lipinski definition) is 0. The zero-order chi connectivity index (χ0) is 12.4. The van der Waals surface area contributed by atoms with Gasteiger partial charge in [0, 0.05) is 23.0 Å². The summed E-state index contributed by atoms with van der Waals surface area (Å²) in [4.78, 5) is 16.1. The molecule has 1 aromatic carbocycles. The van der Waals surface area contributed by atoms with Gasteiger partial charge in [0.25, 0.3) is 0 Å². The predicted octanol–water partition coefficient (Wildman–Crippen LogP) is 3.41. The Bertz CT molecular complexity index is 583. The smallest absolute Gasteiger partial charge is 0.194 e. The lowest BCUT2D eigenvalue weighted by Crippen LogP contribution is -2.03. The third kappa shape index (κ3) is 2.50. The Morgan fingerprint density at radius 2 is 2.06 bits per heavy atom. The lowest BCUT2D eigenvalue weighted by atomic mass is 10.0. The molecule has 0 amide bonds. The number of halogens is 2. The van der Waals surface area contributed by atoms with Gasteiger partial charge in [0.2, 0.25) is 0 Å². The SMILES string of the molecule is Cc1cc(C(=O)c2cc(F)ccc2Cl)ccn1. The molecule has 0 radical (unpaired) electrons. The van der Waals surface area contributed by atoms with Crippen LogP contribution in [0, 0.1) is 12.7 Å². The molecule has 0 fully saturated rings. The number of carbonyl (C=O) groups is 1. The largest absolute Gasteiger partial charge is 0.289 e.